The van der Waals surface area contributed by atoms with Gasteiger partial charge in [-0.25, -0.2) is 4.79 Å². The van der Waals surface area contributed by atoms with Gasteiger partial charge in [-0.15, -0.1) is 24.0 Å². The van der Waals surface area contributed by atoms with Gasteiger partial charge in [0.1, 0.15) is 5.60 Å². The smallest absolute Gasteiger partial charge is 0.412 e. The number of guanidine groups is 1. The molecule has 1 aromatic rings. The fraction of sp³-hybridized carbons (Fsp3) is 0.636. The highest BCUT2D eigenvalue weighted by atomic mass is 127. The summed E-state index contributed by atoms with van der Waals surface area (Å²) < 4.78 is 5.27. The number of hydrogen-bond donors (Lipinski definition) is 3. The van der Waals surface area contributed by atoms with Crippen molar-refractivity contribution in [2.75, 3.05) is 45.6 Å². The van der Waals surface area contributed by atoms with E-state index in [-0.39, 0.29) is 24.0 Å². The van der Waals surface area contributed by atoms with Crippen molar-refractivity contribution in [2.24, 2.45) is 10.9 Å². The SMILES string of the molecule is CN=C(NCCc1ccc(NC(=O)OC(C)(C)C)cc1)NCC1CCCN(C)C1.I. The van der Waals surface area contributed by atoms with Crippen molar-refractivity contribution in [3.63, 3.8) is 0 Å². The molecule has 0 spiro atoms. The Balaban J connectivity index is 0.00000450. The Labute approximate surface area is 198 Å². The van der Waals surface area contributed by atoms with Crippen LogP contribution in [0.3, 0.4) is 0 Å². The molecule has 1 fully saturated rings. The molecular formula is C22H38IN5O2. The average Bonchev–Trinajstić information content (AvgIpc) is 2.64. The van der Waals surface area contributed by atoms with Crippen molar-refractivity contribution < 1.29 is 9.53 Å². The van der Waals surface area contributed by atoms with Gasteiger partial charge >= 0.3 is 6.09 Å². The predicted octanol–water partition coefficient (Wildman–Crippen LogP) is 3.70. The normalized spacial score (nSPS) is 17.6. The number of hydrogen-bond acceptors (Lipinski definition) is 4. The van der Waals surface area contributed by atoms with Crippen molar-refractivity contribution in [1.82, 2.24) is 15.5 Å². The minimum atomic E-state index is -0.505. The van der Waals surface area contributed by atoms with Crippen LogP contribution in [0.5, 0.6) is 0 Å². The summed E-state index contributed by atoms with van der Waals surface area (Å²) in [7, 11) is 3.99. The van der Waals surface area contributed by atoms with Gasteiger partial charge in [-0.1, -0.05) is 12.1 Å². The van der Waals surface area contributed by atoms with E-state index in [1.807, 2.05) is 45.0 Å². The van der Waals surface area contributed by atoms with Crippen LogP contribution in [0.4, 0.5) is 10.5 Å². The van der Waals surface area contributed by atoms with Gasteiger partial charge in [0.2, 0.25) is 0 Å². The molecular weight excluding hydrogens is 493 g/mol. The number of carbonyl (C=O) groups is 1. The molecule has 1 aliphatic heterocycles. The van der Waals surface area contributed by atoms with E-state index in [4.69, 9.17) is 4.74 Å². The molecule has 1 amide bonds. The lowest BCUT2D eigenvalue weighted by Gasteiger charge is -2.30. The van der Waals surface area contributed by atoms with Crippen molar-refractivity contribution in [1.29, 1.82) is 0 Å². The molecule has 1 aromatic carbocycles. The first-order chi connectivity index (χ1) is 13.7. The maximum atomic E-state index is 11.8. The molecule has 170 valence electrons. The molecule has 0 bridgehead atoms. The monoisotopic (exact) mass is 531 g/mol. The number of carbonyl (C=O) groups excluding carboxylic acids is 1. The third-order valence-electron chi connectivity index (χ3n) is 4.81. The lowest BCUT2D eigenvalue weighted by molar-refractivity contribution is 0.0636. The number of nitrogens with one attached hydrogen (secondary N) is 3. The highest BCUT2D eigenvalue weighted by Gasteiger charge is 2.17. The van der Waals surface area contributed by atoms with Gasteiger partial charge in [0.25, 0.3) is 0 Å². The first kappa shape index (κ1) is 26.5. The van der Waals surface area contributed by atoms with Crippen LogP contribution in [0, 0.1) is 5.92 Å². The van der Waals surface area contributed by atoms with E-state index in [0.717, 1.165) is 37.7 Å². The van der Waals surface area contributed by atoms with Crippen molar-refractivity contribution in [3.8, 4) is 0 Å². The van der Waals surface area contributed by atoms with E-state index in [2.05, 4.69) is 32.9 Å². The van der Waals surface area contributed by atoms with E-state index in [1.165, 1.54) is 24.9 Å². The summed E-state index contributed by atoms with van der Waals surface area (Å²) in [6.07, 6.45) is 2.98. The number of halogens is 1. The third-order valence-corrected chi connectivity index (χ3v) is 4.81. The number of aliphatic imine (C=N–C) groups is 1. The second-order valence-corrected chi connectivity index (χ2v) is 8.72. The predicted molar refractivity (Wildman–Crippen MR) is 135 cm³/mol. The van der Waals surface area contributed by atoms with Crippen molar-refractivity contribution in [3.05, 3.63) is 29.8 Å². The molecule has 1 atom stereocenters. The summed E-state index contributed by atoms with van der Waals surface area (Å²) in [4.78, 5) is 18.5. The second-order valence-electron chi connectivity index (χ2n) is 8.72. The molecule has 1 aliphatic rings. The van der Waals surface area contributed by atoms with Crippen LogP contribution in [0.15, 0.2) is 29.3 Å². The van der Waals surface area contributed by atoms with Crippen LogP contribution < -0.4 is 16.0 Å². The first-order valence-electron chi connectivity index (χ1n) is 10.5. The summed E-state index contributed by atoms with van der Waals surface area (Å²) in [6, 6.07) is 7.82. The Hall–Kier alpha value is -1.55. The summed E-state index contributed by atoms with van der Waals surface area (Å²) in [5.41, 5.74) is 1.41. The van der Waals surface area contributed by atoms with Crippen molar-refractivity contribution in [2.45, 2.75) is 45.6 Å². The number of nitrogens with zero attached hydrogens (tertiary/aromatic N) is 2. The number of ether oxygens (including phenoxy) is 1. The Morgan fingerprint density at radius 1 is 1.23 bits per heavy atom. The third kappa shape index (κ3) is 10.5. The van der Waals surface area contributed by atoms with Crippen molar-refractivity contribution >= 4 is 41.7 Å². The van der Waals surface area contributed by atoms with Gasteiger partial charge in [0.15, 0.2) is 5.96 Å². The van der Waals surface area contributed by atoms with E-state index >= 15 is 0 Å². The minimum Gasteiger partial charge on any atom is -0.444 e. The molecule has 1 saturated heterocycles. The molecule has 30 heavy (non-hydrogen) atoms. The molecule has 2 rings (SSSR count). The Bertz CT molecular complexity index is 673. The maximum Gasteiger partial charge on any atom is 0.412 e. The van der Waals surface area contributed by atoms with Gasteiger partial charge in [-0.05, 0) is 77.2 Å². The van der Waals surface area contributed by atoms with Gasteiger partial charge in [-0.2, -0.15) is 0 Å². The number of anilines is 1. The fourth-order valence-electron chi connectivity index (χ4n) is 3.40. The van der Waals surface area contributed by atoms with Crippen LogP contribution >= 0.6 is 24.0 Å². The van der Waals surface area contributed by atoms with Crippen LogP contribution in [0.1, 0.15) is 39.2 Å². The Morgan fingerprint density at radius 2 is 1.93 bits per heavy atom. The average molecular weight is 531 g/mol. The molecule has 8 heteroatoms. The van der Waals surface area contributed by atoms with Gasteiger partial charge < -0.3 is 20.3 Å². The first-order valence-corrected chi connectivity index (χ1v) is 10.5. The zero-order valence-corrected chi connectivity index (χ0v) is 21.3. The minimum absolute atomic E-state index is 0. The quantitative estimate of drug-likeness (QED) is 0.297. The number of likely N-dealkylation sites (tertiary alicyclic amines) is 1. The van der Waals surface area contributed by atoms with Crippen LogP contribution in [-0.2, 0) is 11.2 Å². The zero-order valence-electron chi connectivity index (χ0n) is 19.0. The standard InChI is InChI=1S/C22H37N5O2.HI/c1-22(2,3)29-21(28)26-19-10-8-17(9-11-19)12-13-24-20(23-4)25-15-18-7-6-14-27(5)16-18;/h8-11,18H,6-7,12-16H2,1-5H3,(H,26,28)(H2,23,24,25);1H. The lowest BCUT2D eigenvalue weighted by atomic mass is 9.99. The van der Waals surface area contributed by atoms with E-state index in [1.54, 1.807) is 7.05 Å². The van der Waals surface area contributed by atoms with Crippen LogP contribution in [-0.4, -0.2) is 62.8 Å². The molecule has 0 aliphatic carbocycles. The molecule has 0 aromatic heterocycles. The number of piperidine rings is 1. The molecule has 3 N–H and O–H groups in total. The number of rotatable bonds is 6. The van der Waals surface area contributed by atoms with Gasteiger partial charge in [-0.3, -0.25) is 10.3 Å². The summed E-state index contributed by atoms with van der Waals surface area (Å²) in [5.74, 6) is 1.53. The highest BCUT2D eigenvalue weighted by molar-refractivity contribution is 14.0. The molecule has 0 radical (unpaired) electrons. The maximum absolute atomic E-state index is 11.8. The summed E-state index contributed by atoms with van der Waals surface area (Å²) >= 11 is 0. The fourth-order valence-corrected chi connectivity index (χ4v) is 3.40. The van der Waals surface area contributed by atoms with Gasteiger partial charge in [0.05, 0.1) is 0 Å². The Morgan fingerprint density at radius 3 is 2.53 bits per heavy atom. The second kappa shape index (κ2) is 13.0. The zero-order chi connectivity index (χ0) is 21.3. The lowest BCUT2D eigenvalue weighted by Crippen LogP contribution is -2.44. The van der Waals surface area contributed by atoms with E-state index < -0.39 is 11.7 Å². The largest absolute Gasteiger partial charge is 0.444 e. The van der Waals surface area contributed by atoms with E-state index in [9.17, 15) is 4.79 Å². The molecule has 1 heterocycles. The Kier molecular flexibility index (Phi) is 11.5. The number of amides is 1. The highest BCUT2D eigenvalue weighted by Crippen LogP contribution is 2.14. The number of benzene rings is 1. The van der Waals surface area contributed by atoms with Crippen LogP contribution in [0.2, 0.25) is 0 Å². The molecule has 0 saturated carbocycles. The summed E-state index contributed by atoms with van der Waals surface area (Å²) in [6.45, 7) is 9.64. The van der Waals surface area contributed by atoms with Gasteiger partial charge in [0, 0.05) is 32.4 Å². The van der Waals surface area contributed by atoms with E-state index in [0.29, 0.717) is 5.92 Å². The molecule has 7 nitrogen and oxygen atoms in total. The molecule has 1 unspecified atom stereocenters. The van der Waals surface area contributed by atoms with Crippen LogP contribution in [0.25, 0.3) is 0 Å². The summed E-state index contributed by atoms with van der Waals surface area (Å²) in [5, 5.41) is 9.57. The topological polar surface area (TPSA) is 78.0 Å².